The van der Waals surface area contributed by atoms with Crippen molar-refractivity contribution in [1.29, 1.82) is 0 Å². The third kappa shape index (κ3) is 2.18. The Morgan fingerprint density at radius 2 is 2.12 bits per heavy atom. The second-order valence-electron chi connectivity index (χ2n) is 4.52. The zero-order chi connectivity index (χ0) is 12.0. The quantitative estimate of drug-likeness (QED) is 0.562. The maximum atomic E-state index is 14.6. The number of halogens is 3. The maximum absolute atomic E-state index is 14.6. The lowest BCUT2D eigenvalue weighted by atomic mass is 9.95. The van der Waals surface area contributed by atoms with Crippen LogP contribution in [0.5, 0.6) is 0 Å². The molecule has 0 aromatic heterocycles. The molecule has 0 spiro atoms. The van der Waals surface area contributed by atoms with Crippen LogP contribution < -0.4 is 0 Å². The van der Waals surface area contributed by atoms with Gasteiger partial charge in [0.2, 0.25) is 0 Å². The minimum atomic E-state index is -1.63. The van der Waals surface area contributed by atoms with Crippen LogP contribution in [0.2, 0.25) is 10.0 Å². The van der Waals surface area contributed by atoms with Gasteiger partial charge < -0.3 is 9.85 Å². The SMILES string of the molecule is C[N+]1([O-])CCC(F)(c2ccc(Cl)cc2Cl)C1. The van der Waals surface area contributed by atoms with E-state index in [1.807, 2.05) is 0 Å². The highest BCUT2D eigenvalue weighted by molar-refractivity contribution is 6.35. The average Bonchev–Trinajstić information content (AvgIpc) is 2.41. The number of benzene rings is 1. The molecule has 0 saturated carbocycles. The zero-order valence-corrected chi connectivity index (χ0v) is 10.4. The Bertz CT molecular complexity index is 424. The summed E-state index contributed by atoms with van der Waals surface area (Å²) in [6.07, 6.45) is 0.203. The number of likely N-dealkylation sites (N-methyl/N-ethyl adjacent to an activating group) is 1. The first-order chi connectivity index (χ1) is 7.32. The molecule has 1 fully saturated rings. The molecule has 2 atom stereocenters. The normalized spacial score (nSPS) is 34.3. The van der Waals surface area contributed by atoms with Crippen LogP contribution in [0.1, 0.15) is 12.0 Å². The largest absolute Gasteiger partial charge is 0.633 e. The number of alkyl halides is 1. The van der Waals surface area contributed by atoms with Crippen LogP contribution in [-0.2, 0) is 5.67 Å². The molecule has 5 heteroatoms. The fourth-order valence-corrected chi connectivity index (χ4v) is 2.75. The summed E-state index contributed by atoms with van der Waals surface area (Å²) in [6, 6.07) is 4.67. The number of hydroxylamine groups is 3. The highest BCUT2D eigenvalue weighted by Gasteiger charge is 2.45. The van der Waals surface area contributed by atoms with Crippen molar-refractivity contribution in [1.82, 2.24) is 0 Å². The van der Waals surface area contributed by atoms with Crippen molar-refractivity contribution in [3.05, 3.63) is 39.0 Å². The predicted molar refractivity (Wildman–Crippen MR) is 63.2 cm³/mol. The molecule has 16 heavy (non-hydrogen) atoms. The molecule has 1 saturated heterocycles. The van der Waals surface area contributed by atoms with E-state index in [2.05, 4.69) is 0 Å². The number of hydrogen-bond donors (Lipinski definition) is 0. The summed E-state index contributed by atoms with van der Waals surface area (Å²) in [6.45, 7) is 0.184. The van der Waals surface area contributed by atoms with Crippen LogP contribution in [0.3, 0.4) is 0 Å². The third-order valence-electron chi connectivity index (χ3n) is 2.98. The smallest absolute Gasteiger partial charge is 0.191 e. The van der Waals surface area contributed by atoms with Crippen molar-refractivity contribution >= 4 is 23.2 Å². The van der Waals surface area contributed by atoms with Gasteiger partial charge in [0, 0.05) is 22.0 Å². The van der Waals surface area contributed by atoms with E-state index in [0.29, 0.717) is 10.6 Å². The highest BCUT2D eigenvalue weighted by atomic mass is 35.5. The van der Waals surface area contributed by atoms with E-state index in [9.17, 15) is 9.60 Å². The van der Waals surface area contributed by atoms with Gasteiger partial charge in [0.15, 0.2) is 5.67 Å². The fraction of sp³-hybridized carbons (Fsp3) is 0.455. The molecule has 1 aliphatic rings. The first-order valence-electron chi connectivity index (χ1n) is 5.02. The van der Waals surface area contributed by atoms with E-state index < -0.39 is 10.3 Å². The minimum absolute atomic E-state index is 0.0889. The lowest BCUT2D eigenvalue weighted by molar-refractivity contribution is -0.850. The monoisotopic (exact) mass is 263 g/mol. The van der Waals surface area contributed by atoms with Gasteiger partial charge in [-0.25, -0.2) is 4.39 Å². The van der Waals surface area contributed by atoms with Gasteiger partial charge >= 0.3 is 0 Å². The first-order valence-corrected chi connectivity index (χ1v) is 5.78. The van der Waals surface area contributed by atoms with Gasteiger partial charge in [0.25, 0.3) is 0 Å². The minimum Gasteiger partial charge on any atom is -0.633 e. The van der Waals surface area contributed by atoms with Gasteiger partial charge in [-0.15, -0.1) is 0 Å². The van der Waals surface area contributed by atoms with E-state index in [1.165, 1.54) is 13.1 Å². The molecule has 1 heterocycles. The molecule has 0 radical (unpaired) electrons. The topological polar surface area (TPSA) is 23.1 Å². The van der Waals surface area contributed by atoms with Crippen LogP contribution in [0.4, 0.5) is 4.39 Å². The standard InChI is InChI=1S/C11H12Cl2FNO/c1-15(16)5-4-11(14,7-15)9-3-2-8(12)6-10(9)13/h2-3,6H,4-5,7H2,1H3. The van der Waals surface area contributed by atoms with Gasteiger partial charge in [0.05, 0.1) is 13.6 Å². The van der Waals surface area contributed by atoms with Gasteiger partial charge in [0.1, 0.15) is 6.54 Å². The molecule has 2 nitrogen and oxygen atoms in total. The second-order valence-corrected chi connectivity index (χ2v) is 5.36. The molecule has 0 aliphatic carbocycles. The third-order valence-corrected chi connectivity index (χ3v) is 3.53. The summed E-state index contributed by atoms with van der Waals surface area (Å²) in [5.41, 5.74) is -1.26. The summed E-state index contributed by atoms with van der Waals surface area (Å²) in [5, 5.41) is 12.5. The van der Waals surface area contributed by atoms with Crippen molar-refractivity contribution in [3.8, 4) is 0 Å². The zero-order valence-electron chi connectivity index (χ0n) is 8.84. The lowest BCUT2D eigenvalue weighted by Gasteiger charge is -2.34. The molecule has 0 bridgehead atoms. The van der Waals surface area contributed by atoms with Crippen molar-refractivity contribution in [2.45, 2.75) is 12.1 Å². The Kier molecular flexibility index (Phi) is 2.91. The molecule has 0 amide bonds. The summed E-state index contributed by atoms with van der Waals surface area (Å²) < 4.78 is 14.0. The van der Waals surface area contributed by atoms with E-state index >= 15 is 0 Å². The van der Waals surface area contributed by atoms with Crippen LogP contribution in [0.25, 0.3) is 0 Å². The Morgan fingerprint density at radius 3 is 2.62 bits per heavy atom. The molecule has 2 rings (SSSR count). The van der Waals surface area contributed by atoms with Gasteiger partial charge in [-0.05, 0) is 12.1 Å². The van der Waals surface area contributed by atoms with Crippen molar-refractivity contribution in [2.75, 3.05) is 20.1 Å². The maximum Gasteiger partial charge on any atom is 0.191 e. The van der Waals surface area contributed by atoms with Gasteiger partial charge in [-0.3, -0.25) is 0 Å². The molecule has 1 aromatic carbocycles. The van der Waals surface area contributed by atoms with E-state index in [4.69, 9.17) is 23.2 Å². The number of hydrogen-bond acceptors (Lipinski definition) is 1. The number of quaternary nitrogens is 1. The number of nitrogens with zero attached hydrogens (tertiary/aromatic N) is 1. The van der Waals surface area contributed by atoms with Crippen LogP contribution in [-0.4, -0.2) is 24.8 Å². The second kappa shape index (κ2) is 3.84. The summed E-state index contributed by atoms with van der Waals surface area (Å²) in [4.78, 5) is 0. The van der Waals surface area contributed by atoms with E-state index in [-0.39, 0.29) is 24.5 Å². The van der Waals surface area contributed by atoms with Crippen molar-refractivity contribution < 1.29 is 9.04 Å². The Morgan fingerprint density at radius 1 is 1.44 bits per heavy atom. The molecular formula is C11H12Cl2FNO. The van der Waals surface area contributed by atoms with Gasteiger partial charge in [-0.1, -0.05) is 29.3 Å². The fourth-order valence-electron chi connectivity index (χ4n) is 2.17. The van der Waals surface area contributed by atoms with E-state index in [1.54, 1.807) is 12.1 Å². The molecule has 2 unspecified atom stereocenters. The summed E-state index contributed by atoms with van der Waals surface area (Å²) in [5.74, 6) is 0. The molecule has 0 N–H and O–H groups in total. The number of likely N-dealkylation sites (tertiary alicyclic amines) is 1. The number of rotatable bonds is 1. The van der Waals surface area contributed by atoms with Gasteiger partial charge in [-0.2, -0.15) is 0 Å². The summed E-state index contributed by atoms with van der Waals surface area (Å²) in [7, 11) is 1.48. The van der Waals surface area contributed by atoms with Crippen molar-refractivity contribution in [2.24, 2.45) is 0 Å². The first kappa shape index (κ1) is 12.1. The van der Waals surface area contributed by atoms with Crippen LogP contribution >= 0.6 is 23.2 Å². The molecule has 1 aliphatic heterocycles. The molecule has 1 aromatic rings. The predicted octanol–water partition coefficient (Wildman–Crippen LogP) is 3.51. The Hall–Kier alpha value is -0.350. The molecule has 88 valence electrons. The molecular weight excluding hydrogens is 252 g/mol. The summed E-state index contributed by atoms with van der Waals surface area (Å²) >= 11 is 11.7. The van der Waals surface area contributed by atoms with Crippen LogP contribution in [0, 0.1) is 5.21 Å². The average molecular weight is 264 g/mol. The lowest BCUT2D eigenvalue weighted by Crippen LogP contribution is -2.37. The van der Waals surface area contributed by atoms with E-state index in [0.717, 1.165) is 0 Å². The Labute approximate surface area is 104 Å². The highest BCUT2D eigenvalue weighted by Crippen LogP contribution is 2.42. The van der Waals surface area contributed by atoms with Crippen LogP contribution in [0.15, 0.2) is 18.2 Å². The Balaban J connectivity index is 2.38. The van der Waals surface area contributed by atoms with Crippen molar-refractivity contribution in [3.63, 3.8) is 0 Å².